The fourth-order valence-corrected chi connectivity index (χ4v) is 4.56. The Morgan fingerprint density at radius 2 is 2.04 bits per heavy atom. The summed E-state index contributed by atoms with van der Waals surface area (Å²) in [7, 11) is -3.75. The molecule has 26 heavy (non-hydrogen) atoms. The smallest absolute Gasteiger partial charge is 0.269 e. The van der Waals surface area contributed by atoms with Gasteiger partial charge in [0.1, 0.15) is 5.82 Å². The highest BCUT2D eigenvalue weighted by Gasteiger charge is 2.20. The maximum absolute atomic E-state index is 12.2. The van der Waals surface area contributed by atoms with E-state index in [9.17, 15) is 13.2 Å². The number of amides is 1. The number of carbonyl (C=O) groups excluding carboxylic acids is 1. The number of sulfonamides is 1. The quantitative estimate of drug-likeness (QED) is 0.463. The van der Waals surface area contributed by atoms with Crippen LogP contribution in [0.25, 0.3) is 11.0 Å². The molecule has 0 spiro atoms. The van der Waals surface area contributed by atoms with E-state index in [2.05, 4.69) is 29.8 Å². The molecule has 2 aromatic heterocycles. The number of aromatic nitrogens is 4. The molecule has 138 valence electrons. The molecule has 0 bridgehead atoms. The van der Waals surface area contributed by atoms with Gasteiger partial charge in [0.15, 0.2) is 0 Å². The summed E-state index contributed by atoms with van der Waals surface area (Å²) < 4.78 is 28.9. The van der Waals surface area contributed by atoms with Crippen LogP contribution in [0, 0.1) is 6.92 Å². The maximum Gasteiger partial charge on any atom is 0.269 e. The second-order valence-corrected chi connectivity index (χ2v) is 8.52. The van der Waals surface area contributed by atoms with Crippen molar-refractivity contribution in [1.29, 1.82) is 0 Å². The number of anilines is 1. The van der Waals surface area contributed by atoms with Crippen LogP contribution < -0.4 is 10.0 Å². The minimum atomic E-state index is -3.75. The van der Waals surface area contributed by atoms with Gasteiger partial charge in [0, 0.05) is 20.0 Å². The number of imidazole rings is 1. The lowest BCUT2D eigenvalue weighted by Gasteiger charge is -2.07. The van der Waals surface area contributed by atoms with Gasteiger partial charge < -0.3 is 9.88 Å². The van der Waals surface area contributed by atoms with Crippen LogP contribution in [-0.4, -0.2) is 40.6 Å². The lowest BCUT2D eigenvalue weighted by atomic mass is 10.3. The summed E-state index contributed by atoms with van der Waals surface area (Å²) in [5, 5.41) is 9.82. The van der Waals surface area contributed by atoms with Gasteiger partial charge >= 0.3 is 0 Å². The Morgan fingerprint density at radius 1 is 1.27 bits per heavy atom. The molecule has 9 nitrogen and oxygen atoms in total. The summed E-state index contributed by atoms with van der Waals surface area (Å²) >= 11 is 0.808. The zero-order valence-corrected chi connectivity index (χ0v) is 15.9. The van der Waals surface area contributed by atoms with Gasteiger partial charge in [-0.15, -0.1) is 10.2 Å². The fourth-order valence-electron chi connectivity index (χ4n) is 2.50. The Bertz CT molecular complexity index is 1040. The van der Waals surface area contributed by atoms with Crippen LogP contribution in [0.4, 0.5) is 5.13 Å². The van der Waals surface area contributed by atoms with E-state index < -0.39 is 10.0 Å². The molecule has 1 aromatic carbocycles. The SMILES string of the molecule is CC(=O)Nc1nnc(S(=O)(=O)NCCCn2c(C)nc3ccccc32)s1. The monoisotopic (exact) mass is 394 g/mol. The minimum Gasteiger partial charge on any atom is -0.328 e. The van der Waals surface area contributed by atoms with Gasteiger partial charge in [-0.3, -0.25) is 4.79 Å². The Morgan fingerprint density at radius 3 is 2.81 bits per heavy atom. The van der Waals surface area contributed by atoms with E-state index >= 15 is 0 Å². The second kappa shape index (κ2) is 7.48. The van der Waals surface area contributed by atoms with E-state index in [0.717, 1.165) is 28.2 Å². The van der Waals surface area contributed by atoms with E-state index in [-0.39, 0.29) is 21.9 Å². The maximum atomic E-state index is 12.2. The average molecular weight is 394 g/mol. The number of benzene rings is 1. The molecule has 0 aliphatic rings. The highest BCUT2D eigenvalue weighted by molar-refractivity contribution is 7.91. The summed E-state index contributed by atoms with van der Waals surface area (Å²) in [6.45, 7) is 4.13. The number of rotatable bonds is 7. The third-order valence-corrected chi connectivity index (χ3v) is 6.28. The molecule has 0 aliphatic heterocycles. The predicted octanol–water partition coefficient (Wildman–Crippen LogP) is 1.52. The van der Waals surface area contributed by atoms with Crippen molar-refractivity contribution < 1.29 is 13.2 Å². The molecule has 0 atom stereocenters. The Kier molecular flexibility index (Phi) is 5.30. The van der Waals surface area contributed by atoms with Crippen molar-refractivity contribution in [2.75, 3.05) is 11.9 Å². The van der Waals surface area contributed by atoms with Crippen molar-refractivity contribution in [1.82, 2.24) is 24.5 Å². The van der Waals surface area contributed by atoms with Crippen molar-refractivity contribution in [2.45, 2.75) is 31.2 Å². The molecular weight excluding hydrogens is 376 g/mol. The first-order valence-corrected chi connectivity index (χ1v) is 10.2. The molecule has 3 aromatic rings. The fraction of sp³-hybridized carbons (Fsp3) is 0.333. The molecule has 11 heteroatoms. The summed E-state index contributed by atoms with van der Waals surface area (Å²) in [4.78, 5) is 15.5. The number of fused-ring (bicyclic) bond motifs is 1. The van der Waals surface area contributed by atoms with Gasteiger partial charge in [-0.2, -0.15) is 0 Å². The largest absolute Gasteiger partial charge is 0.328 e. The molecular formula is C15H18N6O3S2. The lowest BCUT2D eigenvalue weighted by Crippen LogP contribution is -2.25. The zero-order valence-electron chi connectivity index (χ0n) is 14.3. The number of aryl methyl sites for hydroxylation is 2. The van der Waals surface area contributed by atoms with Crippen LogP contribution in [-0.2, 0) is 21.4 Å². The number of para-hydroxylation sites is 2. The van der Waals surface area contributed by atoms with Crippen molar-refractivity contribution in [3.63, 3.8) is 0 Å². The normalized spacial score (nSPS) is 11.8. The Labute approximate surface area is 154 Å². The molecule has 0 saturated carbocycles. The highest BCUT2D eigenvalue weighted by atomic mass is 32.2. The van der Waals surface area contributed by atoms with Crippen molar-refractivity contribution in [2.24, 2.45) is 0 Å². The average Bonchev–Trinajstić information content (AvgIpc) is 3.16. The lowest BCUT2D eigenvalue weighted by molar-refractivity contribution is -0.114. The molecule has 0 fully saturated rings. The van der Waals surface area contributed by atoms with E-state index in [1.165, 1.54) is 6.92 Å². The Hall–Kier alpha value is -2.37. The molecule has 1 amide bonds. The van der Waals surface area contributed by atoms with E-state index in [1.54, 1.807) is 0 Å². The molecule has 2 heterocycles. The summed E-state index contributed by atoms with van der Waals surface area (Å²) in [6, 6.07) is 7.82. The van der Waals surface area contributed by atoms with Gasteiger partial charge in [0.2, 0.25) is 15.4 Å². The van der Waals surface area contributed by atoms with E-state index in [1.807, 2.05) is 31.2 Å². The molecule has 0 aliphatic carbocycles. The number of nitrogens with zero attached hydrogens (tertiary/aromatic N) is 4. The van der Waals surface area contributed by atoms with Crippen molar-refractivity contribution in [3.05, 3.63) is 30.1 Å². The summed E-state index contributed by atoms with van der Waals surface area (Å²) in [6.07, 6.45) is 0.595. The standard InChI is InChI=1S/C15H18N6O3S2/c1-10-17-12-6-3-4-7-13(12)21(10)9-5-8-16-26(23,24)15-20-19-14(25-15)18-11(2)22/h3-4,6-7,16H,5,8-9H2,1-2H3,(H,18,19,22). The first kappa shape index (κ1) is 18.4. The molecule has 2 N–H and O–H groups in total. The molecule has 3 rings (SSSR count). The van der Waals surface area contributed by atoms with Gasteiger partial charge in [0.05, 0.1) is 11.0 Å². The van der Waals surface area contributed by atoms with Crippen LogP contribution >= 0.6 is 11.3 Å². The van der Waals surface area contributed by atoms with Crippen LogP contribution in [0.3, 0.4) is 0 Å². The number of nitrogens with one attached hydrogen (secondary N) is 2. The van der Waals surface area contributed by atoms with Gasteiger partial charge in [-0.05, 0) is 25.5 Å². The van der Waals surface area contributed by atoms with Crippen molar-refractivity contribution in [3.8, 4) is 0 Å². The van der Waals surface area contributed by atoms with Gasteiger partial charge in [-0.25, -0.2) is 18.1 Å². The molecule has 0 saturated heterocycles. The van der Waals surface area contributed by atoms with Crippen LogP contribution in [0.1, 0.15) is 19.2 Å². The third kappa shape index (κ3) is 4.06. The van der Waals surface area contributed by atoms with Gasteiger partial charge in [-0.1, -0.05) is 23.5 Å². The van der Waals surface area contributed by atoms with E-state index in [0.29, 0.717) is 13.0 Å². The van der Waals surface area contributed by atoms with Crippen LogP contribution in [0.15, 0.2) is 28.6 Å². The Balaban J connectivity index is 1.59. The third-order valence-electron chi connectivity index (χ3n) is 3.62. The zero-order chi connectivity index (χ0) is 18.7. The number of carbonyl (C=O) groups is 1. The number of hydrogen-bond donors (Lipinski definition) is 2. The van der Waals surface area contributed by atoms with Crippen LogP contribution in [0.5, 0.6) is 0 Å². The first-order valence-electron chi connectivity index (χ1n) is 7.89. The molecule has 0 radical (unpaired) electrons. The minimum absolute atomic E-state index is 0.151. The first-order chi connectivity index (χ1) is 12.4. The summed E-state index contributed by atoms with van der Waals surface area (Å²) in [5.74, 6) is 0.555. The predicted molar refractivity (Wildman–Crippen MR) is 98.5 cm³/mol. The van der Waals surface area contributed by atoms with Gasteiger partial charge in [0.25, 0.3) is 10.0 Å². The number of hydrogen-bond acceptors (Lipinski definition) is 7. The van der Waals surface area contributed by atoms with Crippen molar-refractivity contribution >= 4 is 43.4 Å². The molecule has 0 unspecified atom stereocenters. The van der Waals surface area contributed by atoms with Crippen LogP contribution in [0.2, 0.25) is 0 Å². The summed E-state index contributed by atoms with van der Waals surface area (Å²) in [5.41, 5.74) is 1.95. The second-order valence-electron chi connectivity index (χ2n) is 5.61. The highest BCUT2D eigenvalue weighted by Crippen LogP contribution is 2.20. The topological polar surface area (TPSA) is 119 Å². The van der Waals surface area contributed by atoms with E-state index in [4.69, 9.17) is 0 Å².